The molecule has 0 saturated carbocycles. The summed E-state index contributed by atoms with van der Waals surface area (Å²) in [5.41, 5.74) is 13.3. The van der Waals surface area contributed by atoms with E-state index < -0.39 is 11.6 Å². The van der Waals surface area contributed by atoms with Gasteiger partial charge in [-0.2, -0.15) is 0 Å². The van der Waals surface area contributed by atoms with Crippen LogP contribution in [0.15, 0.2) is 211 Å². The van der Waals surface area contributed by atoms with Gasteiger partial charge >= 0.3 is 0 Å². The fourth-order valence-electron chi connectivity index (χ4n) is 8.57. The van der Waals surface area contributed by atoms with Gasteiger partial charge in [0.2, 0.25) is 0 Å². The Kier molecular flexibility index (Phi) is 8.19. The summed E-state index contributed by atoms with van der Waals surface area (Å²) in [4.78, 5) is 2.27. The lowest BCUT2D eigenvalue weighted by molar-refractivity contribution is 0.632. The molecule has 59 heavy (non-hydrogen) atoms. The van der Waals surface area contributed by atoms with Gasteiger partial charge in [-0.05, 0) is 107 Å². The quantitative estimate of drug-likeness (QED) is 0.161. The lowest BCUT2D eigenvalue weighted by Crippen LogP contribution is -2.09. The smallest absolute Gasteiger partial charge is 0.143 e. The molecule has 2 heterocycles. The Labute approximate surface area is 339 Å². The van der Waals surface area contributed by atoms with Crippen molar-refractivity contribution >= 4 is 60.8 Å². The van der Waals surface area contributed by atoms with Gasteiger partial charge in [0.15, 0.2) is 0 Å². The van der Waals surface area contributed by atoms with E-state index in [9.17, 15) is 0 Å². The average Bonchev–Trinajstić information content (AvgIpc) is 3.85. The van der Waals surface area contributed by atoms with Gasteiger partial charge < -0.3 is 13.9 Å². The van der Waals surface area contributed by atoms with Crippen LogP contribution in [-0.2, 0) is 0 Å². The molecular weight excluding hydrogens is 731 g/mol. The second kappa shape index (κ2) is 14.0. The normalized spacial score (nSPS) is 11.6. The third-order valence-electron chi connectivity index (χ3n) is 11.4. The Morgan fingerprint density at radius 2 is 0.881 bits per heavy atom. The molecule has 0 aliphatic heterocycles. The molecule has 0 radical (unpaired) electrons. The van der Waals surface area contributed by atoms with Crippen molar-refractivity contribution in [2.75, 3.05) is 4.90 Å². The monoisotopic (exact) mass is 764 g/mol. The number of halogens is 2. The van der Waals surface area contributed by atoms with Gasteiger partial charge in [-0.25, -0.2) is 8.78 Å². The summed E-state index contributed by atoms with van der Waals surface area (Å²) >= 11 is 0. The van der Waals surface area contributed by atoms with Crippen LogP contribution >= 0.6 is 0 Å². The zero-order valence-corrected chi connectivity index (χ0v) is 31.7. The first-order chi connectivity index (χ1) is 29.1. The van der Waals surface area contributed by atoms with Crippen LogP contribution in [0.2, 0.25) is 0 Å². The van der Waals surface area contributed by atoms with Crippen molar-refractivity contribution in [3.8, 4) is 39.1 Å². The molecule has 0 bridgehead atoms. The number of benzene rings is 9. The summed E-state index contributed by atoms with van der Waals surface area (Å²) in [6.45, 7) is 0. The molecule has 0 aliphatic carbocycles. The van der Waals surface area contributed by atoms with Gasteiger partial charge in [0.1, 0.15) is 22.8 Å². The summed E-state index contributed by atoms with van der Waals surface area (Å²) in [6.07, 6.45) is 0. The van der Waals surface area contributed by atoms with Gasteiger partial charge in [0, 0.05) is 49.9 Å². The maximum atomic E-state index is 15.2. The minimum atomic E-state index is -0.444. The van der Waals surface area contributed by atoms with Crippen LogP contribution in [-0.4, -0.2) is 4.57 Å². The highest BCUT2D eigenvalue weighted by atomic mass is 19.1. The van der Waals surface area contributed by atoms with Gasteiger partial charge in [-0.15, -0.1) is 0 Å². The SMILES string of the molecule is Fc1cccc2c1c1c(F)cccc1n2-c1cccc(-c2ccc(N(c3ccc(-c4ccccc4)cc3)c3ccc(-c4cccc5c4oc4ccccc45)cc3)cc2)c1. The molecule has 2 aromatic heterocycles. The molecular formula is C54H34F2N2O. The van der Waals surface area contributed by atoms with E-state index in [2.05, 4.69) is 138 Å². The summed E-state index contributed by atoms with van der Waals surface area (Å²) in [7, 11) is 0. The molecule has 0 unspecified atom stereocenters. The summed E-state index contributed by atoms with van der Waals surface area (Å²) in [6, 6.07) is 68.6. The van der Waals surface area contributed by atoms with Crippen LogP contribution < -0.4 is 4.90 Å². The van der Waals surface area contributed by atoms with E-state index in [1.54, 1.807) is 12.1 Å². The fourth-order valence-corrected chi connectivity index (χ4v) is 8.57. The van der Waals surface area contributed by atoms with Crippen molar-refractivity contribution in [1.82, 2.24) is 4.57 Å². The maximum absolute atomic E-state index is 15.2. The molecule has 0 atom stereocenters. The van der Waals surface area contributed by atoms with Crippen LogP contribution in [0.4, 0.5) is 25.8 Å². The highest BCUT2D eigenvalue weighted by Gasteiger charge is 2.19. The number of para-hydroxylation sites is 2. The highest BCUT2D eigenvalue weighted by Crippen LogP contribution is 2.41. The highest BCUT2D eigenvalue weighted by molar-refractivity contribution is 6.11. The zero-order valence-electron chi connectivity index (χ0n) is 31.7. The molecule has 0 saturated heterocycles. The largest absolute Gasteiger partial charge is 0.455 e. The van der Waals surface area contributed by atoms with Gasteiger partial charge in [-0.3, -0.25) is 0 Å². The Morgan fingerprint density at radius 3 is 1.53 bits per heavy atom. The molecule has 5 heteroatoms. The average molecular weight is 765 g/mol. The maximum Gasteiger partial charge on any atom is 0.143 e. The zero-order chi connectivity index (χ0) is 39.5. The second-order valence-corrected chi connectivity index (χ2v) is 14.8. The van der Waals surface area contributed by atoms with E-state index in [1.807, 2.05) is 53.1 Å². The number of hydrogen-bond acceptors (Lipinski definition) is 2. The predicted octanol–water partition coefficient (Wildman–Crippen LogP) is 15.4. The van der Waals surface area contributed by atoms with Gasteiger partial charge in [0.25, 0.3) is 0 Å². The molecule has 3 nitrogen and oxygen atoms in total. The number of nitrogens with zero attached hydrogens (tertiary/aromatic N) is 2. The predicted molar refractivity (Wildman–Crippen MR) is 239 cm³/mol. The van der Waals surface area contributed by atoms with Crippen molar-refractivity contribution in [3.05, 3.63) is 218 Å². The van der Waals surface area contributed by atoms with E-state index in [1.165, 1.54) is 12.1 Å². The third kappa shape index (κ3) is 5.86. The Bertz CT molecular complexity index is 3270. The number of anilines is 3. The minimum Gasteiger partial charge on any atom is -0.455 e. The van der Waals surface area contributed by atoms with Crippen LogP contribution in [0.1, 0.15) is 0 Å². The lowest BCUT2D eigenvalue weighted by Gasteiger charge is -2.26. The fraction of sp³-hybridized carbons (Fsp3) is 0. The van der Waals surface area contributed by atoms with Gasteiger partial charge in [0.05, 0.1) is 11.0 Å². The Balaban J connectivity index is 0.979. The van der Waals surface area contributed by atoms with Crippen molar-refractivity contribution in [1.29, 1.82) is 0 Å². The van der Waals surface area contributed by atoms with Crippen molar-refractivity contribution in [3.63, 3.8) is 0 Å². The van der Waals surface area contributed by atoms with Gasteiger partial charge in [-0.1, -0.05) is 127 Å². The molecule has 280 valence electrons. The van der Waals surface area contributed by atoms with E-state index in [0.717, 1.165) is 78.1 Å². The number of hydrogen-bond donors (Lipinski definition) is 0. The first kappa shape index (κ1) is 34.5. The standard InChI is InChI=1S/C54H34F2N2O/c55-47-17-8-19-49-52(47)53-48(56)18-9-20-50(53)58(49)43-13-6-12-39(34-43)37-24-30-41(31-25-37)57(40-28-22-36(23-29-40)35-10-2-1-3-11-35)42-32-26-38(27-33-42)44-15-7-16-46-45-14-4-5-21-51(45)59-54(44)46/h1-34H. The third-order valence-corrected chi connectivity index (χ3v) is 11.4. The topological polar surface area (TPSA) is 21.3 Å². The van der Waals surface area contributed by atoms with E-state index in [-0.39, 0.29) is 10.8 Å². The van der Waals surface area contributed by atoms with Crippen LogP contribution in [0.5, 0.6) is 0 Å². The first-order valence-corrected chi connectivity index (χ1v) is 19.6. The summed E-state index contributed by atoms with van der Waals surface area (Å²) in [5.74, 6) is -0.888. The first-order valence-electron chi connectivity index (χ1n) is 19.6. The van der Waals surface area contributed by atoms with E-state index in [0.29, 0.717) is 11.0 Å². The molecule has 0 spiro atoms. The molecule has 11 rings (SSSR count). The number of fused-ring (bicyclic) bond motifs is 6. The molecule has 0 aliphatic rings. The number of furan rings is 1. The molecule has 11 aromatic rings. The van der Waals surface area contributed by atoms with Crippen molar-refractivity contribution in [2.45, 2.75) is 0 Å². The molecule has 9 aromatic carbocycles. The van der Waals surface area contributed by atoms with Crippen LogP contribution in [0.25, 0.3) is 82.8 Å². The molecule has 0 amide bonds. The van der Waals surface area contributed by atoms with Crippen LogP contribution in [0, 0.1) is 11.6 Å². The van der Waals surface area contributed by atoms with E-state index >= 15 is 8.78 Å². The molecule has 0 N–H and O–H groups in total. The number of aromatic nitrogens is 1. The van der Waals surface area contributed by atoms with E-state index in [4.69, 9.17) is 4.42 Å². The summed E-state index contributed by atoms with van der Waals surface area (Å²) in [5, 5.41) is 2.78. The summed E-state index contributed by atoms with van der Waals surface area (Å²) < 4.78 is 38.8. The molecule has 0 fully saturated rings. The lowest BCUT2D eigenvalue weighted by atomic mass is 10.0. The number of rotatable bonds is 7. The van der Waals surface area contributed by atoms with Crippen LogP contribution in [0.3, 0.4) is 0 Å². The van der Waals surface area contributed by atoms with Crippen molar-refractivity contribution in [2.24, 2.45) is 0 Å². The Hall–Kier alpha value is -7.76. The van der Waals surface area contributed by atoms with Crippen molar-refractivity contribution < 1.29 is 13.2 Å². The Morgan fingerprint density at radius 1 is 0.390 bits per heavy atom. The minimum absolute atomic E-state index is 0.284. The second-order valence-electron chi connectivity index (χ2n) is 14.8.